The molecule has 0 bridgehead atoms. The summed E-state index contributed by atoms with van der Waals surface area (Å²) in [6, 6.07) is 4.59. The summed E-state index contributed by atoms with van der Waals surface area (Å²) in [6.45, 7) is 0.853. The van der Waals surface area contributed by atoms with Crippen LogP contribution in [-0.2, 0) is 9.59 Å². The number of anilines is 1. The lowest BCUT2D eigenvalue weighted by molar-refractivity contribution is -0.123. The molecule has 0 aromatic heterocycles. The van der Waals surface area contributed by atoms with Crippen LogP contribution in [0, 0.1) is 0 Å². The molecule has 24 heavy (non-hydrogen) atoms. The van der Waals surface area contributed by atoms with Gasteiger partial charge in [0.05, 0.1) is 28.2 Å². The van der Waals surface area contributed by atoms with Gasteiger partial charge in [0.1, 0.15) is 0 Å². The van der Waals surface area contributed by atoms with Crippen molar-refractivity contribution in [3.8, 4) is 0 Å². The normalized spacial score (nSPS) is 25.5. The standard InChI is InChI=1S/C17H20Cl2N2O3/c18-12-5-3-6-13(16(12)19)21-15(23)10-14(17(21)24)20-8-2-1-4-11(20)7-9-22/h3,5-6,11,14,22H,1-2,4,7-10H2. The fraction of sp³-hybridized carbons (Fsp3) is 0.529. The van der Waals surface area contributed by atoms with E-state index in [9.17, 15) is 14.7 Å². The Morgan fingerprint density at radius 2 is 2.00 bits per heavy atom. The molecular weight excluding hydrogens is 351 g/mol. The third kappa shape index (κ3) is 3.18. The molecule has 1 aromatic carbocycles. The van der Waals surface area contributed by atoms with Crippen molar-refractivity contribution < 1.29 is 14.7 Å². The monoisotopic (exact) mass is 370 g/mol. The van der Waals surface area contributed by atoms with E-state index in [0.29, 0.717) is 17.1 Å². The van der Waals surface area contributed by atoms with Crippen LogP contribution in [0.3, 0.4) is 0 Å². The van der Waals surface area contributed by atoms with Crippen LogP contribution in [0.1, 0.15) is 32.1 Å². The predicted molar refractivity (Wildman–Crippen MR) is 93.4 cm³/mol. The van der Waals surface area contributed by atoms with Gasteiger partial charge in [-0.05, 0) is 37.9 Å². The van der Waals surface area contributed by atoms with Crippen LogP contribution in [0.4, 0.5) is 5.69 Å². The number of halogens is 2. The maximum atomic E-state index is 12.9. The van der Waals surface area contributed by atoms with Gasteiger partial charge in [-0.15, -0.1) is 0 Å². The van der Waals surface area contributed by atoms with Gasteiger partial charge in [-0.3, -0.25) is 14.5 Å². The molecule has 2 amide bonds. The number of likely N-dealkylation sites (tertiary alicyclic amines) is 1. The first-order chi connectivity index (χ1) is 11.5. The molecule has 2 atom stereocenters. The Hall–Kier alpha value is -1.14. The van der Waals surface area contributed by atoms with Crippen LogP contribution in [0.15, 0.2) is 18.2 Å². The zero-order valence-electron chi connectivity index (χ0n) is 13.3. The minimum atomic E-state index is -0.482. The van der Waals surface area contributed by atoms with Crippen molar-refractivity contribution >= 4 is 40.7 Å². The van der Waals surface area contributed by atoms with Crippen LogP contribution in [0.2, 0.25) is 10.0 Å². The Balaban J connectivity index is 1.87. The summed E-state index contributed by atoms with van der Waals surface area (Å²) < 4.78 is 0. The average Bonchev–Trinajstić information content (AvgIpc) is 2.86. The van der Waals surface area contributed by atoms with Crippen LogP contribution in [0.5, 0.6) is 0 Å². The highest BCUT2D eigenvalue weighted by atomic mass is 35.5. The third-order valence-corrected chi connectivity index (χ3v) is 5.64. The first-order valence-corrected chi connectivity index (χ1v) is 8.97. The minimum Gasteiger partial charge on any atom is -0.396 e. The van der Waals surface area contributed by atoms with Crippen molar-refractivity contribution in [1.29, 1.82) is 0 Å². The van der Waals surface area contributed by atoms with Gasteiger partial charge >= 0.3 is 0 Å². The topological polar surface area (TPSA) is 60.9 Å². The Morgan fingerprint density at radius 3 is 2.75 bits per heavy atom. The highest BCUT2D eigenvalue weighted by molar-refractivity contribution is 6.44. The molecule has 2 aliphatic heterocycles. The molecule has 1 aromatic rings. The molecule has 1 N–H and O–H groups in total. The summed E-state index contributed by atoms with van der Waals surface area (Å²) in [6.07, 6.45) is 3.79. The maximum absolute atomic E-state index is 12.9. The van der Waals surface area contributed by atoms with Crippen molar-refractivity contribution in [3.05, 3.63) is 28.2 Å². The van der Waals surface area contributed by atoms with Gasteiger partial charge in [0.2, 0.25) is 5.91 Å². The first kappa shape index (κ1) is 17.7. The Kier molecular flexibility index (Phi) is 5.45. The number of amides is 2. The van der Waals surface area contributed by atoms with E-state index >= 15 is 0 Å². The molecule has 130 valence electrons. The number of nitrogens with zero attached hydrogens (tertiary/aromatic N) is 2. The van der Waals surface area contributed by atoms with E-state index in [-0.39, 0.29) is 35.9 Å². The smallest absolute Gasteiger partial charge is 0.251 e. The van der Waals surface area contributed by atoms with Gasteiger partial charge in [0, 0.05) is 12.6 Å². The van der Waals surface area contributed by atoms with E-state index in [4.69, 9.17) is 23.2 Å². The van der Waals surface area contributed by atoms with E-state index in [1.807, 2.05) is 0 Å². The first-order valence-electron chi connectivity index (χ1n) is 8.22. The van der Waals surface area contributed by atoms with Crippen LogP contribution in [-0.4, -0.2) is 47.1 Å². The summed E-state index contributed by atoms with van der Waals surface area (Å²) in [5, 5.41) is 9.80. The molecule has 2 aliphatic rings. The van der Waals surface area contributed by atoms with Gasteiger partial charge in [-0.25, -0.2) is 4.90 Å². The van der Waals surface area contributed by atoms with E-state index in [0.717, 1.165) is 30.7 Å². The van der Waals surface area contributed by atoms with Crippen molar-refractivity contribution in [2.45, 2.75) is 44.2 Å². The lowest BCUT2D eigenvalue weighted by Gasteiger charge is -2.38. The number of rotatable bonds is 4. The fourth-order valence-electron chi connectivity index (χ4n) is 3.69. The predicted octanol–water partition coefficient (Wildman–Crippen LogP) is 2.86. The molecule has 0 aliphatic carbocycles. The van der Waals surface area contributed by atoms with E-state index in [2.05, 4.69) is 4.90 Å². The SMILES string of the molecule is O=C1CC(N2CCCCC2CCO)C(=O)N1c1cccc(Cl)c1Cl. The van der Waals surface area contributed by atoms with E-state index < -0.39 is 6.04 Å². The number of aliphatic hydroxyl groups is 1. The minimum absolute atomic E-state index is 0.0832. The lowest BCUT2D eigenvalue weighted by Crippen LogP contribution is -2.50. The van der Waals surface area contributed by atoms with Gasteiger partial charge in [-0.2, -0.15) is 0 Å². The number of aliphatic hydroxyl groups excluding tert-OH is 1. The molecule has 3 rings (SSSR count). The lowest BCUT2D eigenvalue weighted by atomic mass is 9.97. The zero-order chi connectivity index (χ0) is 17.3. The Morgan fingerprint density at radius 1 is 1.21 bits per heavy atom. The number of carbonyl (C=O) groups excluding carboxylic acids is 2. The van der Waals surface area contributed by atoms with Crippen molar-refractivity contribution in [3.63, 3.8) is 0 Å². The van der Waals surface area contributed by atoms with Crippen molar-refractivity contribution in [2.24, 2.45) is 0 Å². The largest absolute Gasteiger partial charge is 0.396 e. The summed E-state index contributed by atoms with van der Waals surface area (Å²) in [7, 11) is 0. The summed E-state index contributed by atoms with van der Waals surface area (Å²) >= 11 is 12.2. The molecule has 2 fully saturated rings. The van der Waals surface area contributed by atoms with Crippen LogP contribution < -0.4 is 4.90 Å². The second-order valence-electron chi connectivity index (χ2n) is 6.26. The molecule has 0 spiro atoms. The van der Waals surface area contributed by atoms with Crippen LogP contribution >= 0.6 is 23.2 Å². The summed E-state index contributed by atoms with van der Waals surface area (Å²) in [5.41, 5.74) is 0.345. The third-order valence-electron chi connectivity index (χ3n) is 4.83. The van der Waals surface area contributed by atoms with E-state index in [1.54, 1.807) is 18.2 Å². The van der Waals surface area contributed by atoms with Crippen LogP contribution in [0.25, 0.3) is 0 Å². The number of benzene rings is 1. The van der Waals surface area contributed by atoms with Gasteiger partial charge in [0.25, 0.3) is 5.91 Å². The number of carbonyl (C=O) groups is 2. The maximum Gasteiger partial charge on any atom is 0.251 e. The molecule has 7 heteroatoms. The van der Waals surface area contributed by atoms with Gasteiger partial charge in [0.15, 0.2) is 0 Å². The van der Waals surface area contributed by atoms with Gasteiger partial charge < -0.3 is 5.11 Å². The summed E-state index contributed by atoms with van der Waals surface area (Å²) in [5.74, 6) is -0.517. The zero-order valence-corrected chi connectivity index (χ0v) is 14.8. The molecule has 0 radical (unpaired) electrons. The second-order valence-corrected chi connectivity index (χ2v) is 7.05. The molecule has 0 saturated carbocycles. The fourth-order valence-corrected chi connectivity index (χ4v) is 4.07. The molecule has 2 saturated heterocycles. The Bertz CT molecular complexity index is 651. The van der Waals surface area contributed by atoms with E-state index in [1.165, 1.54) is 0 Å². The number of hydrogen-bond acceptors (Lipinski definition) is 4. The highest BCUT2D eigenvalue weighted by Gasteiger charge is 2.45. The highest BCUT2D eigenvalue weighted by Crippen LogP contribution is 2.37. The number of hydrogen-bond donors (Lipinski definition) is 1. The molecule has 2 heterocycles. The number of piperidine rings is 1. The second kappa shape index (κ2) is 7.40. The van der Waals surface area contributed by atoms with Crippen molar-refractivity contribution in [2.75, 3.05) is 18.1 Å². The Labute approximate surface area is 151 Å². The number of imide groups is 1. The van der Waals surface area contributed by atoms with Gasteiger partial charge in [-0.1, -0.05) is 35.7 Å². The average molecular weight is 371 g/mol. The molecule has 2 unspecified atom stereocenters. The molecular formula is C17H20Cl2N2O3. The summed E-state index contributed by atoms with van der Waals surface area (Å²) in [4.78, 5) is 28.7. The molecule has 5 nitrogen and oxygen atoms in total. The van der Waals surface area contributed by atoms with Crippen molar-refractivity contribution in [1.82, 2.24) is 4.90 Å². The quantitative estimate of drug-likeness (QED) is 0.827.